The van der Waals surface area contributed by atoms with E-state index in [4.69, 9.17) is 4.42 Å². The van der Waals surface area contributed by atoms with Crippen LogP contribution in [0.2, 0.25) is 0 Å². The maximum Gasteiger partial charge on any atom is 0.264 e. The summed E-state index contributed by atoms with van der Waals surface area (Å²) in [5, 5.41) is 9.56. The first-order valence-corrected chi connectivity index (χ1v) is 8.44. The van der Waals surface area contributed by atoms with Gasteiger partial charge in [0.05, 0.1) is 0 Å². The minimum absolute atomic E-state index is 0.487. The molecule has 0 aliphatic carbocycles. The van der Waals surface area contributed by atoms with E-state index in [9.17, 15) is 0 Å². The van der Waals surface area contributed by atoms with E-state index in [0.717, 1.165) is 33.3 Å². The highest BCUT2D eigenvalue weighted by atomic mass is 16.4. The third kappa shape index (κ3) is 2.58. The van der Waals surface area contributed by atoms with E-state index < -0.39 is 0 Å². The maximum atomic E-state index is 5.92. The van der Waals surface area contributed by atoms with Crippen molar-refractivity contribution in [3.05, 3.63) is 84.9 Å². The molecule has 0 aliphatic heterocycles. The zero-order valence-corrected chi connectivity index (χ0v) is 13.9. The van der Waals surface area contributed by atoms with E-state index in [2.05, 4.69) is 45.5 Å². The van der Waals surface area contributed by atoms with Gasteiger partial charge < -0.3 is 9.40 Å². The number of aromatic amines is 1. The van der Waals surface area contributed by atoms with Gasteiger partial charge in [-0.3, -0.25) is 0 Å². The normalized spacial score (nSPS) is 11.1. The van der Waals surface area contributed by atoms with Crippen LogP contribution in [-0.4, -0.2) is 15.2 Å². The first kappa shape index (κ1) is 14.7. The summed E-state index contributed by atoms with van der Waals surface area (Å²) in [6.07, 6.45) is 0. The molecule has 0 aliphatic rings. The first-order chi connectivity index (χ1) is 12.9. The Balaban J connectivity index is 1.52. The maximum absolute atomic E-state index is 5.92. The number of aromatic nitrogens is 3. The third-order valence-electron chi connectivity index (χ3n) is 4.40. The minimum Gasteiger partial charge on any atom is -0.415 e. The van der Waals surface area contributed by atoms with Crippen LogP contribution < -0.4 is 0 Å². The number of nitrogens with zero attached hydrogens (tertiary/aromatic N) is 2. The number of hydrogen-bond acceptors (Lipinski definition) is 3. The summed E-state index contributed by atoms with van der Waals surface area (Å²) in [6, 6.07) is 28.5. The van der Waals surface area contributed by atoms with Gasteiger partial charge in [0.1, 0.15) is 5.69 Å². The number of benzene rings is 3. The fraction of sp³-hybridized carbons (Fsp3) is 0. The molecule has 0 saturated heterocycles. The highest BCUT2D eigenvalue weighted by molar-refractivity contribution is 5.84. The quantitative estimate of drug-likeness (QED) is 0.469. The fourth-order valence-corrected chi connectivity index (χ4v) is 3.10. The van der Waals surface area contributed by atoms with Crippen molar-refractivity contribution in [1.29, 1.82) is 0 Å². The molecule has 0 saturated carbocycles. The van der Waals surface area contributed by atoms with Crippen molar-refractivity contribution in [3.8, 4) is 34.2 Å². The van der Waals surface area contributed by atoms with Crippen LogP contribution in [0.5, 0.6) is 0 Å². The molecular formula is C22H15N3O. The molecule has 0 fully saturated rings. The molecule has 3 aromatic carbocycles. The zero-order valence-electron chi connectivity index (χ0n) is 13.9. The van der Waals surface area contributed by atoms with E-state index in [1.54, 1.807) is 0 Å². The van der Waals surface area contributed by atoms with Crippen molar-refractivity contribution in [3.63, 3.8) is 0 Å². The summed E-state index contributed by atoms with van der Waals surface area (Å²) < 4.78 is 5.92. The van der Waals surface area contributed by atoms with Crippen LogP contribution >= 0.6 is 0 Å². The molecule has 0 radical (unpaired) electrons. The second-order valence-electron chi connectivity index (χ2n) is 6.13. The van der Waals surface area contributed by atoms with Crippen LogP contribution in [0.15, 0.2) is 89.3 Å². The molecule has 26 heavy (non-hydrogen) atoms. The number of rotatable bonds is 3. The van der Waals surface area contributed by atoms with Crippen molar-refractivity contribution >= 4 is 10.9 Å². The third-order valence-corrected chi connectivity index (χ3v) is 4.40. The Morgan fingerprint density at radius 1 is 0.615 bits per heavy atom. The lowest BCUT2D eigenvalue weighted by atomic mass is 10.0. The van der Waals surface area contributed by atoms with Crippen molar-refractivity contribution in [1.82, 2.24) is 15.2 Å². The Hall–Kier alpha value is -3.66. The van der Waals surface area contributed by atoms with E-state index in [-0.39, 0.29) is 0 Å². The average Bonchev–Trinajstić information content (AvgIpc) is 3.36. The largest absolute Gasteiger partial charge is 0.415 e. The zero-order chi connectivity index (χ0) is 17.3. The average molecular weight is 337 g/mol. The molecule has 1 N–H and O–H groups in total. The standard InChI is InChI=1S/C22H15N3O/c1-2-7-15(8-3-1)16-10-6-11-18(13-16)21-24-25-22(26-21)20-14-17-9-4-5-12-19(17)23-20/h1-14,23H. The molecule has 5 aromatic rings. The lowest BCUT2D eigenvalue weighted by Crippen LogP contribution is -1.81. The van der Waals surface area contributed by atoms with Crippen LogP contribution in [-0.2, 0) is 0 Å². The van der Waals surface area contributed by atoms with Gasteiger partial charge in [-0.2, -0.15) is 0 Å². The Labute approximate surface area is 150 Å². The van der Waals surface area contributed by atoms with Crippen LogP contribution in [0.4, 0.5) is 0 Å². The highest BCUT2D eigenvalue weighted by Crippen LogP contribution is 2.28. The van der Waals surface area contributed by atoms with Crippen LogP contribution in [0.3, 0.4) is 0 Å². The molecule has 2 aromatic heterocycles. The summed E-state index contributed by atoms with van der Waals surface area (Å²) in [5.74, 6) is 0.998. The number of fused-ring (bicyclic) bond motifs is 1. The molecule has 0 unspecified atom stereocenters. The van der Waals surface area contributed by atoms with Gasteiger partial charge in [-0.15, -0.1) is 10.2 Å². The summed E-state index contributed by atoms with van der Waals surface area (Å²) in [4.78, 5) is 3.32. The molecule has 2 heterocycles. The van der Waals surface area contributed by atoms with Gasteiger partial charge in [0.15, 0.2) is 0 Å². The minimum atomic E-state index is 0.487. The second kappa shape index (κ2) is 6.01. The smallest absolute Gasteiger partial charge is 0.264 e. The van der Waals surface area contributed by atoms with Gasteiger partial charge in [-0.25, -0.2) is 0 Å². The Bertz CT molecular complexity index is 1160. The highest BCUT2D eigenvalue weighted by Gasteiger charge is 2.13. The first-order valence-electron chi connectivity index (χ1n) is 8.44. The van der Waals surface area contributed by atoms with Crippen molar-refractivity contribution in [2.45, 2.75) is 0 Å². The molecule has 0 spiro atoms. The lowest BCUT2D eigenvalue weighted by Gasteiger charge is -2.02. The molecule has 4 nitrogen and oxygen atoms in total. The van der Waals surface area contributed by atoms with Gasteiger partial charge in [0, 0.05) is 16.5 Å². The van der Waals surface area contributed by atoms with Crippen LogP contribution in [0, 0.1) is 0 Å². The summed E-state index contributed by atoms with van der Waals surface area (Å²) in [7, 11) is 0. The molecular weight excluding hydrogens is 322 g/mol. The molecule has 0 amide bonds. The number of hydrogen-bond donors (Lipinski definition) is 1. The molecule has 5 rings (SSSR count). The van der Waals surface area contributed by atoms with E-state index in [0.29, 0.717) is 11.8 Å². The fourth-order valence-electron chi connectivity index (χ4n) is 3.10. The summed E-state index contributed by atoms with van der Waals surface area (Å²) in [5.41, 5.74) is 5.05. The van der Waals surface area contributed by atoms with Crippen molar-refractivity contribution in [2.24, 2.45) is 0 Å². The van der Waals surface area contributed by atoms with Crippen LogP contribution in [0.25, 0.3) is 45.1 Å². The topological polar surface area (TPSA) is 54.7 Å². The van der Waals surface area contributed by atoms with E-state index >= 15 is 0 Å². The van der Waals surface area contributed by atoms with Crippen LogP contribution in [0.1, 0.15) is 0 Å². The Morgan fingerprint density at radius 2 is 1.35 bits per heavy atom. The Morgan fingerprint density at radius 3 is 2.23 bits per heavy atom. The molecule has 0 bridgehead atoms. The van der Waals surface area contributed by atoms with Gasteiger partial charge >= 0.3 is 0 Å². The molecule has 4 heteroatoms. The van der Waals surface area contributed by atoms with Gasteiger partial charge in [-0.05, 0) is 35.4 Å². The summed E-state index contributed by atoms with van der Waals surface area (Å²) in [6.45, 7) is 0. The number of para-hydroxylation sites is 1. The molecule has 0 atom stereocenters. The van der Waals surface area contributed by atoms with Gasteiger partial charge in [0.2, 0.25) is 5.89 Å². The monoisotopic (exact) mass is 337 g/mol. The Kier molecular flexibility index (Phi) is 3.39. The van der Waals surface area contributed by atoms with Gasteiger partial charge in [-0.1, -0.05) is 60.7 Å². The lowest BCUT2D eigenvalue weighted by molar-refractivity contribution is 0.583. The van der Waals surface area contributed by atoms with E-state index in [1.165, 1.54) is 0 Å². The van der Waals surface area contributed by atoms with Crippen molar-refractivity contribution in [2.75, 3.05) is 0 Å². The van der Waals surface area contributed by atoms with Gasteiger partial charge in [0.25, 0.3) is 5.89 Å². The van der Waals surface area contributed by atoms with Crippen molar-refractivity contribution < 1.29 is 4.42 Å². The molecule has 124 valence electrons. The summed E-state index contributed by atoms with van der Waals surface area (Å²) >= 11 is 0. The second-order valence-corrected chi connectivity index (χ2v) is 6.13. The SMILES string of the molecule is c1ccc(-c2cccc(-c3nnc(-c4cc5ccccc5[nH]4)o3)c2)cc1. The number of nitrogens with one attached hydrogen (secondary N) is 1. The number of H-pyrrole nitrogens is 1. The van der Waals surface area contributed by atoms with E-state index in [1.807, 2.05) is 54.6 Å². The predicted molar refractivity (Wildman–Crippen MR) is 102 cm³/mol. The predicted octanol–water partition coefficient (Wildman–Crippen LogP) is 5.55.